The van der Waals surface area contributed by atoms with E-state index in [0.717, 1.165) is 40.3 Å². The molecule has 0 aromatic heterocycles. The van der Waals surface area contributed by atoms with E-state index in [2.05, 4.69) is 72.6 Å². The molecular formula is C17H11Br2IO. The summed E-state index contributed by atoms with van der Waals surface area (Å²) in [5, 5.41) is 0. The first kappa shape index (κ1) is 15.4. The van der Waals surface area contributed by atoms with E-state index in [-0.39, 0.29) is 5.78 Å². The Labute approximate surface area is 154 Å². The molecule has 1 nitrogen and oxygen atoms in total. The van der Waals surface area contributed by atoms with Gasteiger partial charge < -0.3 is 0 Å². The van der Waals surface area contributed by atoms with Gasteiger partial charge >= 0.3 is 0 Å². The van der Waals surface area contributed by atoms with Crippen LogP contribution in [-0.2, 0) is 11.2 Å². The minimum atomic E-state index is 0.194. The van der Waals surface area contributed by atoms with Crippen LogP contribution in [0.4, 0.5) is 0 Å². The maximum atomic E-state index is 12.3. The maximum absolute atomic E-state index is 12.3. The SMILES string of the molecule is Cc1c(Br)cc(/C=C2\C(=O)Cc3ccc(I)cc32)cc1Br. The van der Waals surface area contributed by atoms with Gasteiger partial charge in [0.25, 0.3) is 0 Å². The van der Waals surface area contributed by atoms with E-state index in [1.54, 1.807) is 0 Å². The Morgan fingerprint density at radius 1 is 1.14 bits per heavy atom. The van der Waals surface area contributed by atoms with Crippen molar-refractivity contribution in [2.45, 2.75) is 13.3 Å². The van der Waals surface area contributed by atoms with Crippen LogP contribution < -0.4 is 0 Å². The second kappa shape index (κ2) is 5.97. The highest BCUT2D eigenvalue weighted by Crippen LogP contribution is 2.34. The number of carbonyl (C=O) groups excluding carboxylic acids is 1. The molecule has 0 heterocycles. The standard InChI is InChI=1S/C17H11Br2IO/c1-9-15(18)5-10(6-16(9)19)4-14-13-8-12(20)3-2-11(13)7-17(14)21/h2-6,8H,7H2,1H3/b14-4-. The summed E-state index contributed by atoms with van der Waals surface area (Å²) in [6, 6.07) is 10.3. The van der Waals surface area contributed by atoms with Gasteiger partial charge in [-0.05, 0) is 82.1 Å². The fourth-order valence-corrected chi connectivity index (χ4v) is 4.16. The minimum Gasteiger partial charge on any atom is -0.294 e. The molecule has 0 unspecified atom stereocenters. The molecule has 0 bridgehead atoms. The fraction of sp³-hybridized carbons (Fsp3) is 0.118. The summed E-state index contributed by atoms with van der Waals surface area (Å²) in [5.74, 6) is 0.194. The lowest BCUT2D eigenvalue weighted by molar-refractivity contribution is -0.112. The first-order chi connectivity index (χ1) is 9.95. The van der Waals surface area contributed by atoms with Crippen LogP contribution in [0.15, 0.2) is 39.3 Å². The van der Waals surface area contributed by atoms with Gasteiger partial charge in [0.2, 0.25) is 0 Å². The van der Waals surface area contributed by atoms with Gasteiger partial charge in [0, 0.05) is 24.5 Å². The Bertz CT molecular complexity index is 770. The third-order valence-electron chi connectivity index (χ3n) is 3.63. The van der Waals surface area contributed by atoms with Crippen LogP contribution in [-0.4, -0.2) is 5.78 Å². The van der Waals surface area contributed by atoms with Gasteiger partial charge in [-0.2, -0.15) is 0 Å². The van der Waals surface area contributed by atoms with Crippen molar-refractivity contribution in [3.05, 3.63) is 65.1 Å². The number of halogens is 3. The normalized spacial score (nSPS) is 15.6. The van der Waals surface area contributed by atoms with Crippen LogP contribution in [0.25, 0.3) is 11.6 Å². The molecule has 0 saturated carbocycles. The predicted octanol–water partition coefficient (Wildman–Crippen LogP) is 5.79. The lowest BCUT2D eigenvalue weighted by Crippen LogP contribution is -1.94. The van der Waals surface area contributed by atoms with Gasteiger partial charge in [0.05, 0.1) is 0 Å². The summed E-state index contributed by atoms with van der Waals surface area (Å²) >= 11 is 9.40. The molecule has 2 aromatic carbocycles. The zero-order valence-corrected chi connectivity index (χ0v) is 16.5. The monoisotopic (exact) mass is 516 g/mol. The van der Waals surface area contributed by atoms with Crippen molar-refractivity contribution in [1.29, 1.82) is 0 Å². The number of Topliss-reactive ketones (excluding diaryl/α,β-unsaturated/α-hetero) is 1. The van der Waals surface area contributed by atoms with Crippen molar-refractivity contribution in [2.75, 3.05) is 0 Å². The molecule has 0 fully saturated rings. The van der Waals surface area contributed by atoms with E-state index in [1.807, 2.05) is 25.1 Å². The number of allylic oxidation sites excluding steroid dienone is 1. The molecular weight excluding hydrogens is 507 g/mol. The number of carbonyl (C=O) groups is 1. The molecule has 2 aromatic rings. The highest BCUT2D eigenvalue weighted by Gasteiger charge is 2.24. The lowest BCUT2D eigenvalue weighted by atomic mass is 10.0. The van der Waals surface area contributed by atoms with Gasteiger partial charge in [0.15, 0.2) is 5.78 Å². The van der Waals surface area contributed by atoms with E-state index in [4.69, 9.17) is 0 Å². The second-order valence-electron chi connectivity index (χ2n) is 5.07. The van der Waals surface area contributed by atoms with Crippen LogP contribution in [0.3, 0.4) is 0 Å². The van der Waals surface area contributed by atoms with Crippen LogP contribution >= 0.6 is 54.5 Å². The molecule has 0 aliphatic heterocycles. The number of ketones is 1. The van der Waals surface area contributed by atoms with Crippen LogP contribution in [0.1, 0.15) is 22.3 Å². The molecule has 0 radical (unpaired) electrons. The third-order valence-corrected chi connectivity index (χ3v) is 5.95. The number of hydrogen-bond donors (Lipinski definition) is 0. The average molecular weight is 518 g/mol. The van der Waals surface area contributed by atoms with Gasteiger partial charge in [-0.25, -0.2) is 0 Å². The molecule has 106 valence electrons. The summed E-state index contributed by atoms with van der Waals surface area (Å²) in [6.07, 6.45) is 2.49. The summed E-state index contributed by atoms with van der Waals surface area (Å²) in [5.41, 5.74) is 5.18. The van der Waals surface area contributed by atoms with Crippen molar-refractivity contribution < 1.29 is 4.79 Å². The number of fused-ring (bicyclic) bond motifs is 1. The average Bonchev–Trinajstić information content (AvgIpc) is 2.72. The molecule has 0 saturated heterocycles. The quantitative estimate of drug-likeness (QED) is 0.346. The van der Waals surface area contributed by atoms with Crippen molar-refractivity contribution in [3.8, 4) is 0 Å². The Balaban J connectivity index is 2.13. The molecule has 0 N–H and O–H groups in total. The van der Waals surface area contributed by atoms with E-state index in [9.17, 15) is 4.79 Å². The van der Waals surface area contributed by atoms with Crippen molar-refractivity contribution in [3.63, 3.8) is 0 Å². The predicted molar refractivity (Wildman–Crippen MR) is 102 cm³/mol. The zero-order chi connectivity index (χ0) is 15.1. The topological polar surface area (TPSA) is 17.1 Å². The van der Waals surface area contributed by atoms with Crippen molar-refractivity contribution in [1.82, 2.24) is 0 Å². The number of rotatable bonds is 1. The molecule has 0 atom stereocenters. The Hall–Kier alpha value is -0.460. The third kappa shape index (κ3) is 3.03. The molecule has 1 aliphatic rings. The largest absolute Gasteiger partial charge is 0.294 e. The molecule has 1 aliphatic carbocycles. The Morgan fingerprint density at radius 2 is 1.81 bits per heavy atom. The molecule has 21 heavy (non-hydrogen) atoms. The zero-order valence-electron chi connectivity index (χ0n) is 11.2. The van der Waals surface area contributed by atoms with Crippen molar-refractivity contribution in [2.24, 2.45) is 0 Å². The van der Waals surface area contributed by atoms with Crippen molar-refractivity contribution >= 4 is 71.9 Å². The maximum Gasteiger partial charge on any atom is 0.167 e. The highest BCUT2D eigenvalue weighted by molar-refractivity contribution is 14.1. The summed E-state index contributed by atoms with van der Waals surface area (Å²) in [4.78, 5) is 12.3. The highest BCUT2D eigenvalue weighted by atomic mass is 127. The van der Waals surface area contributed by atoms with Gasteiger partial charge in [-0.3, -0.25) is 4.79 Å². The van der Waals surface area contributed by atoms with E-state index >= 15 is 0 Å². The smallest absolute Gasteiger partial charge is 0.167 e. The lowest BCUT2D eigenvalue weighted by Gasteiger charge is -2.05. The Kier molecular flexibility index (Phi) is 4.39. The van der Waals surface area contributed by atoms with Crippen LogP contribution in [0.2, 0.25) is 0 Å². The Morgan fingerprint density at radius 3 is 2.48 bits per heavy atom. The summed E-state index contributed by atoms with van der Waals surface area (Å²) < 4.78 is 3.23. The molecule has 0 amide bonds. The molecule has 0 spiro atoms. The van der Waals surface area contributed by atoms with Crippen LogP contribution in [0, 0.1) is 10.5 Å². The summed E-state index contributed by atoms with van der Waals surface area (Å²) in [7, 11) is 0. The second-order valence-corrected chi connectivity index (χ2v) is 8.02. The molecule has 4 heteroatoms. The molecule has 3 rings (SSSR count). The van der Waals surface area contributed by atoms with E-state index < -0.39 is 0 Å². The van der Waals surface area contributed by atoms with Gasteiger partial charge in [-0.1, -0.05) is 37.9 Å². The van der Waals surface area contributed by atoms with Crippen LogP contribution in [0.5, 0.6) is 0 Å². The van der Waals surface area contributed by atoms with Gasteiger partial charge in [0.1, 0.15) is 0 Å². The van der Waals surface area contributed by atoms with E-state index in [1.165, 1.54) is 0 Å². The number of hydrogen-bond acceptors (Lipinski definition) is 1. The first-order valence-electron chi connectivity index (χ1n) is 6.45. The summed E-state index contributed by atoms with van der Waals surface area (Å²) in [6.45, 7) is 2.05. The minimum absolute atomic E-state index is 0.194. The van der Waals surface area contributed by atoms with Gasteiger partial charge in [-0.15, -0.1) is 0 Å². The first-order valence-corrected chi connectivity index (χ1v) is 9.11. The fourth-order valence-electron chi connectivity index (χ4n) is 2.45. The number of benzene rings is 2. The van der Waals surface area contributed by atoms with E-state index in [0.29, 0.717) is 6.42 Å².